The van der Waals surface area contributed by atoms with Crippen molar-refractivity contribution in [2.75, 3.05) is 0 Å². The van der Waals surface area contributed by atoms with E-state index in [1.165, 1.54) is 18.1 Å². The molecule has 0 aliphatic rings. The Morgan fingerprint density at radius 2 is 2.24 bits per heavy atom. The highest BCUT2D eigenvalue weighted by molar-refractivity contribution is 7.99. The number of H-pyrrole nitrogens is 1. The van der Waals surface area contributed by atoms with Gasteiger partial charge in [-0.25, -0.2) is 15.0 Å². The second-order valence-corrected chi connectivity index (χ2v) is 4.15. The topological polar surface area (TPSA) is 84.7 Å². The Hall–Kier alpha value is -2.15. The first kappa shape index (κ1) is 10.0. The lowest BCUT2D eigenvalue weighted by atomic mass is 10.5. The molecule has 0 saturated heterocycles. The van der Waals surface area contributed by atoms with E-state index in [2.05, 4.69) is 19.9 Å². The molecule has 0 bridgehead atoms. The minimum atomic E-state index is 0.294. The van der Waals surface area contributed by atoms with E-state index in [0.717, 1.165) is 5.52 Å². The Labute approximate surface area is 99.5 Å². The molecule has 0 amide bonds. The van der Waals surface area contributed by atoms with Gasteiger partial charge in [0.05, 0.1) is 6.33 Å². The molecule has 3 aromatic heterocycles. The molecule has 0 saturated carbocycles. The molecular formula is C10H6N4O2S. The third-order valence-electron chi connectivity index (χ3n) is 2.10. The van der Waals surface area contributed by atoms with Crippen molar-refractivity contribution in [3.63, 3.8) is 0 Å². The summed E-state index contributed by atoms with van der Waals surface area (Å²) in [7, 11) is 0. The first-order chi connectivity index (χ1) is 8.36. The van der Waals surface area contributed by atoms with Crippen molar-refractivity contribution in [1.29, 1.82) is 0 Å². The van der Waals surface area contributed by atoms with Gasteiger partial charge in [0.1, 0.15) is 16.9 Å². The van der Waals surface area contributed by atoms with Crippen LogP contribution in [0.1, 0.15) is 10.6 Å². The lowest BCUT2D eigenvalue weighted by molar-refractivity contribution is 0.109. The summed E-state index contributed by atoms with van der Waals surface area (Å²) in [6, 6.07) is 3.33. The second-order valence-electron chi connectivity index (χ2n) is 3.16. The second kappa shape index (κ2) is 4.02. The van der Waals surface area contributed by atoms with Crippen LogP contribution < -0.4 is 0 Å². The van der Waals surface area contributed by atoms with E-state index in [4.69, 9.17) is 4.42 Å². The van der Waals surface area contributed by atoms with Crippen LogP contribution in [0, 0.1) is 0 Å². The predicted octanol–water partition coefficient (Wildman–Crippen LogP) is 1.91. The van der Waals surface area contributed by atoms with Gasteiger partial charge < -0.3 is 9.40 Å². The summed E-state index contributed by atoms with van der Waals surface area (Å²) in [6.45, 7) is 0. The molecule has 1 N–H and O–H groups in total. The Morgan fingerprint density at radius 3 is 3.06 bits per heavy atom. The van der Waals surface area contributed by atoms with E-state index in [1.54, 1.807) is 18.5 Å². The maximum atomic E-state index is 10.5. The molecule has 7 heteroatoms. The van der Waals surface area contributed by atoms with Gasteiger partial charge in [-0.1, -0.05) is 0 Å². The first-order valence-corrected chi connectivity index (χ1v) is 5.55. The van der Waals surface area contributed by atoms with Crippen molar-refractivity contribution >= 4 is 29.2 Å². The summed E-state index contributed by atoms with van der Waals surface area (Å²) in [5, 5.41) is 1.31. The molecule has 0 aromatic carbocycles. The molecule has 84 valence electrons. The zero-order valence-corrected chi connectivity index (χ0v) is 9.27. The normalized spacial score (nSPS) is 10.8. The monoisotopic (exact) mass is 246 g/mol. The fourth-order valence-electron chi connectivity index (χ4n) is 1.37. The summed E-state index contributed by atoms with van der Waals surface area (Å²) < 4.78 is 5.26. The summed E-state index contributed by atoms with van der Waals surface area (Å²) in [6.07, 6.45) is 3.66. The average Bonchev–Trinajstić information content (AvgIpc) is 2.97. The number of rotatable bonds is 3. The molecule has 3 heterocycles. The average molecular weight is 246 g/mol. The third kappa shape index (κ3) is 1.80. The van der Waals surface area contributed by atoms with E-state index in [0.29, 0.717) is 27.8 Å². The lowest BCUT2D eigenvalue weighted by Crippen LogP contribution is -1.85. The highest BCUT2D eigenvalue weighted by Crippen LogP contribution is 2.30. The van der Waals surface area contributed by atoms with Crippen molar-refractivity contribution in [3.8, 4) is 0 Å². The van der Waals surface area contributed by atoms with Crippen molar-refractivity contribution in [2.45, 2.75) is 10.1 Å². The van der Waals surface area contributed by atoms with Crippen LogP contribution in [0.2, 0.25) is 0 Å². The van der Waals surface area contributed by atoms with Gasteiger partial charge in [0, 0.05) is 0 Å². The van der Waals surface area contributed by atoms with Gasteiger partial charge in [0.15, 0.2) is 22.8 Å². The molecule has 0 atom stereocenters. The number of aldehydes is 1. The summed E-state index contributed by atoms with van der Waals surface area (Å²) >= 11 is 1.31. The number of aromatic nitrogens is 4. The molecule has 0 unspecified atom stereocenters. The molecule has 17 heavy (non-hydrogen) atoms. The smallest absolute Gasteiger partial charge is 0.185 e. The van der Waals surface area contributed by atoms with Crippen LogP contribution in [0.5, 0.6) is 0 Å². The Balaban J connectivity index is 1.99. The number of hydrogen-bond acceptors (Lipinski definition) is 6. The molecule has 0 fully saturated rings. The van der Waals surface area contributed by atoms with Crippen molar-refractivity contribution in [1.82, 2.24) is 19.9 Å². The van der Waals surface area contributed by atoms with Gasteiger partial charge in [-0.15, -0.1) is 0 Å². The minimum absolute atomic E-state index is 0.294. The van der Waals surface area contributed by atoms with E-state index in [-0.39, 0.29) is 0 Å². The fourth-order valence-corrected chi connectivity index (χ4v) is 2.18. The predicted molar refractivity (Wildman–Crippen MR) is 59.9 cm³/mol. The van der Waals surface area contributed by atoms with Crippen molar-refractivity contribution < 1.29 is 9.21 Å². The number of nitrogens with one attached hydrogen (secondary N) is 1. The number of carbonyl (C=O) groups is 1. The highest BCUT2D eigenvalue weighted by atomic mass is 32.2. The molecule has 3 rings (SSSR count). The van der Waals surface area contributed by atoms with Crippen molar-refractivity contribution in [3.05, 3.63) is 30.5 Å². The van der Waals surface area contributed by atoms with Crippen LogP contribution in [0.3, 0.4) is 0 Å². The van der Waals surface area contributed by atoms with Gasteiger partial charge in [-0.3, -0.25) is 4.79 Å². The number of hydrogen-bond donors (Lipinski definition) is 1. The first-order valence-electron chi connectivity index (χ1n) is 4.74. The van der Waals surface area contributed by atoms with Gasteiger partial charge in [-0.05, 0) is 23.9 Å². The quantitative estimate of drug-likeness (QED) is 0.561. The minimum Gasteiger partial charge on any atom is -0.447 e. The SMILES string of the molecule is O=Cc1ccc(Sc2ncnc3nc[nH]c23)o1. The number of fused-ring (bicyclic) bond motifs is 1. The summed E-state index contributed by atoms with van der Waals surface area (Å²) in [4.78, 5) is 25.6. The molecule has 0 aliphatic carbocycles. The van der Waals surface area contributed by atoms with Crippen LogP contribution in [0.4, 0.5) is 0 Å². The molecule has 3 aromatic rings. The van der Waals surface area contributed by atoms with E-state index >= 15 is 0 Å². The molecular weight excluding hydrogens is 240 g/mol. The van der Waals surface area contributed by atoms with E-state index in [9.17, 15) is 4.79 Å². The van der Waals surface area contributed by atoms with Gasteiger partial charge in [0.25, 0.3) is 0 Å². The number of furan rings is 1. The van der Waals surface area contributed by atoms with E-state index in [1.807, 2.05) is 0 Å². The molecule has 0 spiro atoms. The van der Waals surface area contributed by atoms with Crippen LogP contribution in [-0.4, -0.2) is 26.2 Å². The van der Waals surface area contributed by atoms with Crippen LogP contribution in [0.15, 0.2) is 39.3 Å². The number of imidazole rings is 1. The zero-order chi connectivity index (χ0) is 11.7. The fraction of sp³-hybridized carbons (Fsp3) is 0. The summed E-state index contributed by atoms with van der Waals surface area (Å²) in [5.41, 5.74) is 1.35. The highest BCUT2D eigenvalue weighted by Gasteiger charge is 2.10. The largest absolute Gasteiger partial charge is 0.447 e. The maximum absolute atomic E-state index is 10.5. The van der Waals surface area contributed by atoms with E-state index < -0.39 is 0 Å². The van der Waals surface area contributed by atoms with Gasteiger partial charge in [-0.2, -0.15) is 0 Å². The number of carbonyl (C=O) groups excluding carboxylic acids is 1. The Kier molecular flexibility index (Phi) is 2.37. The van der Waals surface area contributed by atoms with Gasteiger partial charge in [0.2, 0.25) is 0 Å². The lowest BCUT2D eigenvalue weighted by Gasteiger charge is -1.97. The number of nitrogens with zero attached hydrogens (tertiary/aromatic N) is 3. The van der Waals surface area contributed by atoms with Crippen LogP contribution in [-0.2, 0) is 0 Å². The molecule has 0 aliphatic heterocycles. The van der Waals surface area contributed by atoms with Gasteiger partial charge >= 0.3 is 0 Å². The summed E-state index contributed by atoms with van der Waals surface area (Å²) in [5.74, 6) is 0.294. The van der Waals surface area contributed by atoms with Crippen LogP contribution in [0.25, 0.3) is 11.2 Å². The van der Waals surface area contributed by atoms with Crippen LogP contribution >= 0.6 is 11.8 Å². The third-order valence-corrected chi connectivity index (χ3v) is 3.03. The number of aromatic amines is 1. The zero-order valence-electron chi connectivity index (χ0n) is 8.45. The standard InChI is InChI=1S/C10H6N4O2S/c15-3-6-1-2-7(16-6)17-10-8-9(12-4-11-8)13-5-14-10/h1-5H,(H,11,12,13,14). The maximum Gasteiger partial charge on any atom is 0.185 e. The molecule has 0 radical (unpaired) electrons. The van der Waals surface area contributed by atoms with Crippen molar-refractivity contribution in [2.24, 2.45) is 0 Å². The Morgan fingerprint density at radius 1 is 1.29 bits per heavy atom. The molecule has 6 nitrogen and oxygen atoms in total. The Bertz CT molecular complexity index is 676.